The second kappa shape index (κ2) is 5.25. The molecule has 1 aromatic rings. The first kappa shape index (κ1) is 12.9. The van der Waals surface area contributed by atoms with Gasteiger partial charge < -0.3 is 10.1 Å². The van der Waals surface area contributed by atoms with Crippen molar-refractivity contribution in [2.24, 2.45) is 0 Å². The van der Waals surface area contributed by atoms with Crippen molar-refractivity contribution in [2.45, 2.75) is 19.8 Å². The van der Waals surface area contributed by atoms with E-state index in [9.17, 15) is 8.78 Å². The van der Waals surface area contributed by atoms with Gasteiger partial charge in [-0.05, 0) is 25.6 Å². The maximum atomic E-state index is 13.8. The summed E-state index contributed by atoms with van der Waals surface area (Å²) in [6.45, 7) is 3.73. The van der Waals surface area contributed by atoms with Crippen LogP contribution in [0.2, 0.25) is 0 Å². The van der Waals surface area contributed by atoms with Gasteiger partial charge in [0.15, 0.2) is 0 Å². The van der Waals surface area contributed by atoms with Crippen LogP contribution in [0.4, 0.5) is 8.78 Å². The summed E-state index contributed by atoms with van der Waals surface area (Å²) >= 11 is 0. The van der Waals surface area contributed by atoms with E-state index in [1.807, 2.05) is 0 Å². The summed E-state index contributed by atoms with van der Waals surface area (Å²) in [5.74, 6) is -2.68. The smallest absolute Gasteiger partial charge is 0.288 e. The summed E-state index contributed by atoms with van der Waals surface area (Å²) in [5.41, 5.74) is 0.739. The molecule has 0 aromatic heterocycles. The number of alkyl halides is 2. The number of benzene rings is 1. The second-order valence-corrected chi connectivity index (χ2v) is 3.69. The van der Waals surface area contributed by atoms with Gasteiger partial charge in [-0.1, -0.05) is 18.6 Å². The van der Waals surface area contributed by atoms with Crippen molar-refractivity contribution >= 4 is 0 Å². The van der Waals surface area contributed by atoms with Crippen molar-refractivity contribution < 1.29 is 13.5 Å². The Hall–Kier alpha value is -1.16. The number of methoxy groups -OCH3 is 1. The fourth-order valence-corrected chi connectivity index (χ4v) is 1.48. The Balaban J connectivity index is 3.04. The van der Waals surface area contributed by atoms with Crippen LogP contribution < -0.4 is 10.1 Å². The van der Waals surface area contributed by atoms with Crippen molar-refractivity contribution in [3.8, 4) is 5.75 Å². The van der Waals surface area contributed by atoms with Crippen molar-refractivity contribution in [2.75, 3.05) is 20.2 Å². The van der Waals surface area contributed by atoms with Crippen LogP contribution in [0.3, 0.4) is 0 Å². The molecule has 4 heteroatoms. The molecule has 0 aliphatic rings. The Morgan fingerprint density at radius 1 is 1.38 bits per heavy atom. The van der Waals surface area contributed by atoms with Crippen LogP contribution in [-0.2, 0) is 5.92 Å². The molecule has 0 bridgehead atoms. The monoisotopic (exact) mass is 229 g/mol. The largest absolute Gasteiger partial charge is 0.496 e. The number of rotatable bonds is 5. The highest BCUT2D eigenvalue weighted by atomic mass is 19.3. The molecule has 1 rings (SSSR count). The number of halogens is 2. The molecule has 0 amide bonds. The van der Waals surface area contributed by atoms with Gasteiger partial charge in [-0.3, -0.25) is 0 Å². The number of likely N-dealkylation sites (N-methyl/N-ethyl adjacent to an activating group) is 1. The van der Waals surface area contributed by atoms with Gasteiger partial charge in [0.05, 0.1) is 19.2 Å². The molecule has 0 atom stereocenters. The van der Waals surface area contributed by atoms with Crippen molar-refractivity contribution in [3.63, 3.8) is 0 Å². The third kappa shape index (κ3) is 2.92. The zero-order valence-corrected chi connectivity index (χ0v) is 9.81. The molecule has 0 saturated carbocycles. The molecular formula is C12H17F2NO. The standard InChI is InChI=1S/C12H17F2NO/c1-4-15-8-12(13,14)10-7-9(2)5-6-11(10)16-3/h5-7,15H,4,8H2,1-3H3. The van der Waals surface area contributed by atoms with E-state index in [2.05, 4.69) is 5.32 Å². The lowest BCUT2D eigenvalue weighted by atomic mass is 10.0. The van der Waals surface area contributed by atoms with Crippen molar-refractivity contribution in [3.05, 3.63) is 29.3 Å². The number of aryl methyl sites for hydroxylation is 1. The molecule has 1 N–H and O–H groups in total. The van der Waals surface area contributed by atoms with Crippen LogP contribution in [-0.4, -0.2) is 20.2 Å². The van der Waals surface area contributed by atoms with Gasteiger partial charge in [0.2, 0.25) is 0 Å². The zero-order chi connectivity index (χ0) is 12.2. The fourth-order valence-electron chi connectivity index (χ4n) is 1.48. The van der Waals surface area contributed by atoms with Crippen molar-refractivity contribution in [1.29, 1.82) is 0 Å². The number of hydrogen-bond acceptors (Lipinski definition) is 2. The topological polar surface area (TPSA) is 21.3 Å². The highest BCUT2D eigenvalue weighted by molar-refractivity contribution is 5.40. The maximum absolute atomic E-state index is 13.8. The molecule has 0 aliphatic carbocycles. The molecule has 0 spiro atoms. The summed E-state index contributed by atoms with van der Waals surface area (Å²) in [6.07, 6.45) is 0. The molecule has 0 heterocycles. The molecule has 0 radical (unpaired) electrons. The number of hydrogen-bond donors (Lipinski definition) is 1. The molecule has 0 saturated heterocycles. The van der Waals surface area contributed by atoms with E-state index >= 15 is 0 Å². The lowest BCUT2D eigenvalue weighted by molar-refractivity contribution is -0.00479. The Labute approximate surface area is 94.6 Å². The first-order chi connectivity index (χ1) is 7.51. The van der Waals surface area contributed by atoms with Crippen LogP contribution in [0, 0.1) is 6.92 Å². The third-order valence-electron chi connectivity index (χ3n) is 2.35. The van der Waals surface area contributed by atoms with Crippen LogP contribution in [0.5, 0.6) is 5.75 Å². The van der Waals surface area contributed by atoms with Gasteiger partial charge in [0.1, 0.15) is 5.75 Å². The Morgan fingerprint density at radius 3 is 2.62 bits per heavy atom. The molecule has 16 heavy (non-hydrogen) atoms. The molecule has 2 nitrogen and oxygen atoms in total. The molecule has 0 unspecified atom stereocenters. The average Bonchev–Trinajstić information content (AvgIpc) is 2.26. The minimum atomic E-state index is -2.91. The van der Waals surface area contributed by atoms with Gasteiger partial charge in [0.25, 0.3) is 5.92 Å². The van der Waals surface area contributed by atoms with E-state index < -0.39 is 5.92 Å². The fraction of sp³-hybridized carbons (Fsp3) is 0.500. The first-order valence-electron chi connectivity index (χ1n) is 5.25. The highest BCUT2D eigenvalue weighted by Crippen LogP contribution is 2.35. The third-order valence-corrected chi connectivity index (χ3v) is 2.35. The highest BCUT2D eigenvalue weighted by Gasteiger charge is 2.34. The number of ether oxygens (including phenoxy) is 1. The molecule has 0 fully saturated rings. The predicted octanol–water partition coefficient (Wildman–Crippen LogP) is 2.70. The van der Waals surface area contributed by atoms with E-state index in [1.165, 1.54) is 13.2 Å². The van der Waals surface area contributed by atoms with Gasteiger partial charge in [-0.2, -0.15) is 8.78 Å². The van der Waals surface area contributed by atoms with E-state index in [4.69, 9.17) is 4.74 Å². The Kier molecular flexibility index (Phi) is 4.24. The molecular weight excluding hydrogens is 212 g/mol. The van der Waals surface area contributed by atoms with Crippen molar-refractivity contribution in [1.82, 2.24) is 5.32 Å². The second-order valence-electron chi connectivity index (χ2n) is 3.69. The van der Waals surface area contributed by atoms with Gasteiger partial charge >= 0.3 is 0 Å². The Morgan fingerprint density at radius 2 is 2.06 bits per heavy atom. The summed E-state index contributed by atoms with van der Waals surface area (Å²) in [5, 5.41) is 2.65. The van der Waals surface area contributed by atoms with Crippen LogP contribution in [0.15, 0.2) is 18.2 Å². The molecule has 1 aromatic carbocycles. The minimum Gasteiger partial charge on any atom is -0.496 e. The van der Waals surface area contributed by atoms with E-state index in [0.717, 1.165) is 5.56 Å². The van der Waals surface area contributed by atoms with E-state index in [-0.39, 0.29) is 17.9 Å². The van der Waals surface area contributed by atoms with Gasteiger partial charge in [0, 0.05) is 0 Å². The van der Waals surface area contributed by atoms with Crippen LogP contribution in [0.1, 0.15) is 18.1 Å². The van der Waals surface area contributed by atoms with E-state index in [1.54, 1.807) is 26.0 Å². The Bertz CT molecular complexity index is 353. The summed E-state index contributed by atoms with van der Waals surface area (Å²) in [7, 11) is 1.40. The minimum absolute atomic E-state index is 0.0593. The lowest BCUT2D eigenvalue weighted by Gasteiger charge is -2.20. The van der Waals surface area contributed by atoms with Gasteiger partial charge in [-0.25, -0.2) is 0 Å². The average molecular weight is 229 g/mol. The predicted molar refractivity (Wildman–Crippen MR) is 60.2 cm³/mol. The van der Waals surface area contributed by atoms with Gasteiger partial charge in [-0.15, -0.1) is 0 Å². The summed E-state index contributed by atoms with van der Waals surface area (Å²) < 4.78 is 32.6. The zero-order valence-electron chi connectivity index (χ0n) is 9.81. The number of nitrogens with one attached hydrogen (secondary N) is 1. The first-order valence-corrected chi connectivity index (χ1v) is 5.25. The SMILES string of the molecule is CCNCC(F)(F)c1cc(C)ccc1OC. The van der Waals surface area contributed by atoms with Crippen LogP contribution >= 0.6 is 0 Å². The maximum Gasteiger partial charge on any atom is 0.288 e. The lowest BCUT2D eigenvalue weighted by Crippen LogP contribution is -2.31. The molecule has 0 aliphatic heterocycles. The van der Waals surface area contributed by atoms with Crippen LogP contribution in [0.25, 0.3) is 0 Å². The quantitative estimate of drug-likeness (QED) is 0.838. The summed E-state index contributed by atoms with van der Waals surface area (Å²) in [6, 6.07) is 4.80. The normalized spacial score (nSPS) is 11.6. The van der Waals surface area contributed by atoms with E-state index in [0.29, 0.717) is 6.54 Å². The molecule has 90 valence electrons. The summed E-state index contributed by atoms with van der Waals surface area (Å²) in [4.78, 5) is 0.